The van der Waals surface area contributed by atoms with Gasteiger partial charge in [-0.1, -0.05) is 29.3 Å². The summed E-state index contributed by atoms with van der Waals surface area (Å²) in [6, 6.07) is 3.67. The molecule has 3 amide bonds. The zero-order valence-electron chi connectivity index (χ0n) is 11.7. The highest BCUT2D eigenvalue weighted by molar-refractivity contribution is 6.35. The van der Waals surface area contributed by atoms with Crippen LogP contribution in [0.2, 0.25) is 10.0 Å². The van der Waals surface area contributed by atoms with Gasteiger partial charge in [-0.25, -0.2) is 4.79 Å². The average molecular weight is 345 g/mol. The van der Waals surface area contributed by atoms with Crippen molar-refractivity contribution in [2.45, 2.75) is 31.9 Å². The predicted octanol–water partition coefficient (Wildman–Crippen LogP) is 2.59. The third-order valence-electron chi connectivity index (χ3n) is 3.20. The molecule has 6 nitrogen and oxygen atoms in total. The van der Waals surface area contributed by atoms with Gasteiger partial charge in [0.1, 0.15) is 12.1 Å². The van der Waals surface area contributed by atoms with E-state index in [0.717, 1.165) is 0 Å². The van der Waals surface area contributed by atoms with E-state index in [2.05, 4.69) is 10.6 Å². The predicted molar refractivity (Wildman–Crippen MR) is 80.7 cm³/mol. The van der Waals surface area contributed by atoms with Crippen molar-refractivity contribution in [2.24, 2.45) is 0 Å². The lowest BCUT2D eigenvalue weighted by molar-refractivity contribution is -0.148. The molecule has 2 atom stereocenters. The van der Waals surface area contributed by atoms with Crippen LogP contribution in [0.3, 0.4) is 0 Å². The number of urea groups is 1. The van der Waals surface area contributed by atoms with Crippen LogP contribution in [0.5, 0.6) is 0 Å². The molecule has 22 heavy (non-hydrogen) atoms. The summed E-state index contributed by atoms with van der Waals surface area (Å²) in [4.78, 5) is 34.1. The van der Waals surface area contributed by atoms with Crippen molar-refractivity contribution in [2.75, 3.05) is 0 Å². The van der Waals surface area contributed by atoms with E-state index in [1.54, 1.807) is 25.1 Å². The van der Waals surface area contributed by atoms with Gasteiger partial charge in [0, 0.05) is 22.0 Å². The number of benzene rings is 1. The molecule has 1 aliphatic heterocycles. The summed E-state index contributed by atoms with van der Waals surface area (Å²) >= 11 is 11.9. The van der Waals surface area contributed by atoms with Crippen LogP contribution >= 0.6 is 23.2 Å². The molecule has 1 aromatic carbocycles. The maximum absolute atomic E-state index is 11.8. The van der Waals surface area contributed by atoms with Gasteiger partial charge in [0.05, 0.1) is 0 Å². The maximum Gasteiger partial charge on any atom is 0.322 e. The van der Waals surface area contributed by atoms with Crippen LogP contribution < -0.4 is 10.6 Å². The largest absolute Gasteiger partial charge is 0.458 e. The Morgan fingerprint density at radius 3 is 2.68 bits per heavy atom. The number of hydrogen-bond acceptors (Lipinski definition) is 4. The molecule has 8 heteroatoms. The van der Waals surface area contributed by atoms with Gasteiger partial charge in [0.2, 0.25) is 0 Å². The number of esters is 1. The first-order valence-electron chi connectivity index (χ1n) is 6.62. The van der Waals surface area contributed by atoms with Crippen LogP contribution in [0, 0.1) is 0 Å². The number of imide groups is 1. The van der Waals surface area contributed by atoms with Crippen molar-refractivity contribution in [3.05, 3.63) is 33.8 Å². The van der Waals surface area contributed by atoms with Crippen molar-refractivity contribution in [3.8, 4) is 0 Å². The zero-order valence-corrected chi connectivity index (χ0v) is 13.2. The minimum atomic E-state index is -0.700. The number of hydrogen-bond donors (Lipinski definition) is 2. The lowest BCUT2D eigenvalue weighted by Crippen LogP contribution is -2.29. The van der Waals surface area contributed by atoms with Gasteiger partial charge in [-0.3, -0.25) is 14.9 Å². The maximum atomic E-state index is 11.8. The van der Waals surface area contributed by atoms with E-state index in [4.69, 9.17) is 27.9 Å². The van der Waals surface area contributed by atoms with Crippen molar-refractivity contribution < 1.29 is 19.1 Å². The molecule has 0 radical (unpaired) electrons. The van der Waals surface area contributed by atoms with E-state index in [1.165, 1.54) is 0 Å². The summed E-state index contributed by atoms with van der Waals surface area (Å²) in [5, 5.41) is 5.42. The lowest BCUT2D eigenvalue weighted by atomic mass is 10.1. The van der Waals surface area contributed by atoms with Crippen LogP contribution in [-0.4, -0.2) is 23.9 Å². The molecule has 0 aromatic heterocycles. The van der Waals surface area contributed by atoms with Crippen molar-refractivity contribution in [3.63, 3.8) is 0 Å². The van der Waals surface area contributed by atoms with Crippen LogP contribution in [0.15, 0.2) is 18.2 Å². The molecule has 1 saturated heterocycles. The number of nitrogens with one attached hydrogen (secondary N) is 2. The topological polar surface area (TPSA) is 84.5 Å². The van der Waals surface area contributed by atoms with Crippen LogP contribution in [-0.2, 0) is 14.3 Å². The number of carbonyl (C=O) groups excluding carboxylic acids is 3. The fraction of sp³-hybridized carbons (Fsp3) is 0.357. The molecule has 0 aliphatic carbocycles. The summed E-state index contributed by atoms with van der Waals surface area (Å²) in [5.74, 6) is -0.918. The van der Waals surface area contributed by atoms with Crippen molar-refractivity contribution in [1.29, 1.82) is 0 Å². The Morgan fingerprint density at radius 2 is 2.09 bits per heavy atom. The van der Waals surface area contributed by atoms with Gasteiger partial charge in [0.25, 0.3) is 5.91 Å². The highest BCUT2D eigenvalue weighted by atomic mass is 35.5. The van der Waals surface area contributed by atoms with E-state index in [9.17, 15) is 14.4 Å². The standard InChI is InChI=1S/C14H14Cl2N2O4/c1-7(9-3-2-8(15)6-10(9)16)22-12(19)5-4-11-13(20)18-14(21)17-11/h2-3,6-7,11H,4-5H2,1H3,(H2,17,18,20,21)/t7-,11-/m0/s1. The van der Waals surface area contributed by atoms with Crippen LogP contribution in [0.25, 0.3) is 0 Å². The number of halogens is 2. The Balaban J connectivity index is 1.86. The van der Waals surface area contributed by atoms with Gasteiger partial charge >= 0.3 is 12.0 Å². The Kier molecular flexibility index (Phi) is 5.26. The Hall–Kier alpha value is -1.79. The Bertz CT molecular complexity index is 621. The number of carbonyl (C=O) groups is 3. The van der Waals surface area contributed by atoms with E-state index in [-0.39, 0.29) is 12.8 Å². The minimum Gasteiger partial charge on any atom is -0.458 e. The third kappa shape index (κ3) is 4.11. The van der Waals surface area contributed by atoms with Gasteiger partial charge < -0.3 is 10.1 Å². The van der Waals surface area contributed by atoms with E-state index in [0.29, 0.717) is 15.6 Å². The molecular weight excluding hydrogens is 331 g/mol. The van der Waals surface area contributed by atoms with Gasteiger partial charge in [-0.15, -0.1) is 0 Å². The van der Waals surface area contributed by atoms with Crippen LogP contribution in [0.1, 0.15) is 31.4 Å². The fourth-order valence-electron chi connectivity index (χ4n) is 2.08. The highest BCUT2D eigenvalue weighted by Gasteiger charge is 2.29. The van der Waals surface area contributed by atoms with E-state index >= 15 is 0 Å². The third-order valence-corrected chi connectivity index (χ3v) is 3.77. The average Bonchev–Trinajstić information content (AvgIpc) is 2.74. The molecule has 2 N–H and O–H groups in total. The SMILES string of the molecule is C[C@H](OC(=O)CC[C@@H]1NC(=O)NC1=O)c1ccc(Cl)cc1Cl. The molecule has 118 valence electrons. The first-order chi connectivity index (χ1) is 10.4. The summed E-state index contributed by atoms with van der Waals surface area (Å²) in [6.07, 6.45) is -0.352. The number of ether oxygens (including phenoxy) is 1. The van der Waals surface area contributed by atoms with E-state index < -0.39 is 30.1 Å². The molecule has 1 fully saturated rings. The Morgan fingerprint density at radius 1 is 1.36 bits per heavy atom. The molecule has 0 saturated carbocycles. The van der Waals surface area contributed by atoms with Crippen LogP contribution in [0.4, 0.5) is 4.79 Å². The summed E-state index contributed by atoms with van der Waals surface area (Å²) in [6.45, 7) is 1.69. The first-order valence-corrected chi connectivity index (χ1v) is 7.38. The zero-order chi connectivity index (χ0) is 16.3. The molecular formula is C14H14Cl2N2O4. The van der Waals surface area contributed by atoms with Gasteiger partial charge in [-0.2, -0.15) is 0 Å². The second kappa shape index (κ2) is 6.98. The molecule has 1 aromatic rings. The lowest BCUT2D eigenvalue weighted by Gasteiger charge is -2.15. The summed E-state index contributed by atoms with van der Waals surface area (Å²) in [7, 11) is 0. The fourth-order valence-corrected chi connectivity index (χ4v) is 2.64. The summed E-state index contributed by atoms with van der Waals surface area (Å²) in [5.41, 5.74) is 0.645. The molecule has 1 aliphatic rings. The molecule has 0 bridgehead atoms. The minimum absolute atomic E-state index is 0.00785. The first kappa shape index (κ1) is 16.6. The normalized spacial score (nSPS) is 18.6. The molecule has 2 rings (SSSR count). The quantitative estimate of drug-likeness (QED) is 0.635. The van der Waals surface area contributed by atoms with Crippen molar-refractivity contribution >= 4 is 41.1 Å². The molecule has 0 spiro atoms. The second-order valence-electron chi connectivity index (χ2n) is 4.85. The second-order valence-corrected chi connectivity index (χ2v) is 5.70. The monoisotopic (exact) mass is 344 g/mol. The van der Waals surface area contributed by atoms with E-state index in [1.807, 2.05) is 0 Å². The smallest absolute Gasteiger partial charge is 0.322 e. The van der Waals surface area contributed by atoms with Gasteiger partial charge in [0.15, 0.2) is 0 Å². The highest BCUT2D eigenvalue weighted by Crippen LogP contribution is 2.28. The molecule has 0 unspecified atom stereocenters. The van der Waals surface area contributed by atoms with Gasteiger partial charge in [-0.05, 0) is 25.5 Å². The molecule has 1 heterocycles. The number of amides is 3. The summed E-state index contributed by atoms with van der Waals surface area (Å²) < 4.78 is 5.27. The Labute approximate surface area is 137 Å². The van der Waals surface area contributed by atoms with Crippen molar-refractivity contribution in [1.82, 2.24) is 10.6 Å². The number of rotatable bonds is 5.